The van der Waals surface area contributed by atoms with Gasteiger partial charge in [-0.15, -0.1) is 0 Å². The summed E-state index contributed by atoms with van der Waals surface area (Å²) in [4.78, 5) is 23.7. The van der Waals surface area contributed by atoms with Gasteiger partial charge in [-0.05, 0) is 37.9 Å². The summed E-state index contributed by atoms with van der Waals surface area (Å²) in [5.74, 6) is -0.0980. The van der Waals surface area contributed by atoms with Crippen LogP contribution in [-0.2, 0) is 11.8 Å². The predicted molar refractivity (Wildman–Crippen MR) is 77.2 cm³/mol. The fourth-order valence-electron chi connectivity index (χ4n) is 1.86. The number of unbranched alkanes of at least 4 members (excludes halogenated alkanes) is 3. The van der Waals surface area contributed by atoms with Crippen LogP contribution < -0.4 is 16.6 Å². The topological polar surface area (TPSA) is 77.1 Å². The molecule has 19 heavy (non-hydrogen) atoms. The third-order valence-electron chi connectivity index (χ3n) is 3.10. The number of nitrogens with two attached hydrogens (primary N) is 1. The number of anilines is 1. The minimum Gasteiger partial charge on any atom is -0.330 e. The number of nitrogens with zero attached hydrogens (tertiary/aromatic N) is 1. The van der Waals surface area contributed by atoms with Crippen LogP contribution in [0.3, 0.4) is 0 Å². The molecule has 0 unspecified atom stereocenters. The van der Waals surface area contributed by atoms with Crippen LogP contribution in [0.15, 0.2) is 17.1 Å². The van der Waals surface area contributed by atoms with Crippen molar-refractivity contribution in [2.45, 2.75) is 39.0 Å². The average molecular weight is 265 g/mol. The normalized spacial score (nSPS) is 10.5. The number of carbonyl (C=O) groups is 1. The van der Waals surface area contributed by atoms with Crippen molar-refractivity contribution in [3.63, 3.8) is 0 Å². The Kier molecular flexibility index (Phi) is 6.29. The van der Waals surface area contributed by atoms with Crippen molar-refractivity contribution >= 4 is 11.6 Å². The molecule has 1 aromatic heterocycles. The SMILES string of the molecule is Cc1ccn(C)c(=O)c1NC(=O)CCCCCCN. The molecule has 1 amide bonds. The van der Waals surface area contributed by atoms with Gasteiger partial charge in [0.05, 0.1) is 0 Å². The van der Waals surface area contributed by atoms with Crippen LogP contribution in [0, 0.1) is 6.92 Å². The van der Waals surface area contributed by atoms with Crippen molar-refractivity contribution in [1.29, 1.82) is 0 Å². The van der Waals surface area contributed by atoms with Crippen LogP contribution in [0.25, 0.3) is 0 Å². The lowest BCUT2D eigenvalue weighted by Gasteiger charge is -2.09. The summed E-state index contributed by atoms with van der Waals surface area (Å²) in [7, 11) is 1.67. The fourth-order valence-corrected chi connectivity index (χ4v) is 1.86. The van der Waals surface area contributed by atoms with E-state index < -0.39 is 0 Å². The molecule has 0 aromatic carbocycles. The Balaban J connectivity index is 2.49. The molecule has 3 N–H and O–H groups in total. The highest BCUT2D eigenvalue weighted by molar-refractivity contribution is 5.91. The summed E-state index contributed by atoms with van der Waals surface area (Å²) in [5, 5.41) is 2.71. The van der Waals surface area contributed by atoms with Crippen molar-refractivity contribution < 1.29 is 4.79 Å². The van der Waals surface area contributed by atoms with Gasteiger partial charge in [0.1, 0.15) is 5.69 Å². The van der Waals surface area contributed by atoms with Gasteiger partial charge in [0, 0.05) is 19.7 Å². The molecule has 0 aliphatic heterocycles. The third kappa shape index (κ3) is 4.87. The van der Waals surface area contributed by atoms with Gasteiger partial charge in [0.15, 0.2) is 0 Å². The summed E-state index contributed by atoms with van der Waals surface area (Å²) < 4.78 is 1.46. The molecule has 0 aliphatic carbocycles. The van der Waals surface area contributed by atoms with Crippen LogP contribution >= 0.6 is 0 Å². The van der Waals surface area contributed by atoms with E-state index in [9.17, 15) is 9.59 Å². The molecular weight excluding hydrogens is 242 g/mol. The van der Waals surface area contributed by atoms with Crippen molar-refractivity contribution in [3.8, 4) is 0 Å². The molecule has 0 bridgehead atoms. The Bertz CT molecular complexity index is 480. The van der Waals surface area contributed by atoms with Gasteiger partial charge < -0.3 is 15.6 Å². The van der Waals surface area contributed by atoms with E-state index >= 15 is 0 Å². The molecule has 0 fully saturated rings. The fraction of sp³-hybridized carbons (Fsp3) is 0.571. The Morgan fingerprint density at radius 2 is 2.00 bits per heavy atom. The molecule has 1 heterocycles. The Labute approximate surface area is 113 Å². The van der Waals surface area contributed by atoms with E-state index in [0.29, 0.717) is 18.7 Å². The highest BCUT2D eigenvalue weighted by Crippen LogP contribution is 2.09. The highest BCUT2D eigenvalue weighted by atomic mass is 16.2. The first-order valence-corrected chi connectivity index (χ1v) is 6.72. The second-order valence-corrected chi connectivity index (χ2v) is 4.79. The van der Waals surface area contributed by atoms with Crippen LogP contribution in [0.2, 0.25) is 0 Å². The summed E-state index contributed by atoms with van der Waals surface area (Å²) >= 11 is 0. The lowest BCUT2D eigenvalue weighted by Crippen LogP contribution is -2.24. The first kappa shape index (κ1) is 15.4. The van der Waals surface area contributed by atoms with Gasteiger partial charge in [-0.1, -0.05) is 12.8 Å². The van der Waals surface area contributed by atoms with E-state index in [1.54, 1.807) is 13.2 Å². The molecule has 0 saturated heterocycles. The number of hydrogen-bond donors (Lipinski definition) is 2. The molecule has 0 spiro atoms. The molecule has 0 radical (unpaired) electrons. The quantitative estimate of drug-likeness (QED) is 0.734. The minimum absolute atomic E-state index is 0.0980. The van der Waals surface area contributed by atoms with Gasteiger partial charge in [0.2, 0.25) is 5.91 Å². The highest BCUT2D eigenvalue weighted by Gasteiger charge is 2.09. The second-order valence-electron chi connectivity index (χ2n) is 4.79. The lowest BCUT2D eigenvalue weighted by atomic mass is 10.1. The van der Waals surface area contributed by atoms with E-state index in [2.05, 4.69) is 5.32 Å². The summed E-state index contributed by atoms with van der Waals surface area (Å²) in [5.41, 5.74) is 6.41. The van der Waals surface area contributed by atoms with Crippen molar-refractivity contribution in [3.05, 3.63) is 28.2 Å². The maximum Gasteiger partial charge on any atom is 0.274 e. The molecule has 0 saturated carbocycles. The van der Waals surface area contributed by atoms with E-state index in [1.807, 2.05) is 13.0 Å². The molecule has 0 atom stereocenters. The Morgan fingerprint density at radius 3 is 2.68 bits per heavy atom. The van der Waals surface area contributed by atoms with Crippen molar-refractivity contribution in [2.75, 3.05) is 11.9 Å². The number of rotatable bonds is 7. The van der Waals surface area contributed by atoms with E-state index in [0.717, 1.165) is 31.2 Å². The number of hydrogen-bond acceptors (Lipinski definition) is 3. The summed E-state index contributed by atoms with van der Waals surface area (Å²) in [6.07, 6.45) is 6.02. The number of aryl methyl sites for hydroxylation is 2. The number of carbonyl (C=O) groups excluding carboxylic acids is 1. The zero-order chi connectivity index (χ0) is 14.3. The van der Waals surface area contributed by atoms with E-state index in [4.69, 9.17) is 5.73 Å². The number of nitrogens with one attached hydrogen (secondary N) is 1. The minimum atomic E-state index is -0.170. The molecular formula is C14H23N3O2. The summed E-state index contributed by atoms with van der Waals surface area (Å²) in [6.45, 7) is 2.52. The van der Waals surface area contributed by atoms with Gasteiger partial charge >= 0.3 is 0 Å². The largest absolute Gasteiger partial charge is 0.330 e. The average Bonchev–Trinajstić information content (AvgIpc) is 2.39. The van der Waals surface area contributed by atoms with Gasteiger partial charge in [-0.25, -0.2) is 0 Å². The zero-order valence-electron chi connectivity index (χ0n) is 11.7. The second kappa shape index (κ2) is 7.74. The first-order chi connectivity index (χ1) is 9.06. The molecule has 1 rings (SSSR count). The zero-order valence-corrected chi connectivity index (χ0v) is 11.7. The van der Waals surface area contributed by atoms with E-state index in [1.165, 1.54) is 4.57 Å². The van der Waals surface area contributed by atoms with Gasteiger partial charge in [0.25, 0.3) is 5.56 Å². The van der Waals surface area contributed by atoms with E-state index in [-0.39, 0.29) is 11.5 Å². The maximum atomic E-state index is 11.9. The maximum absolute atomic E-state index is 11.9. The standard InChI is InChI=1S/C14H23N3O2/c1-11-8-10-17(2)14(19)13(11)16-12(18)7-5-3-4-6-9-15/h8,10H,3-7,9,15H2,1-2H3,(H,16,18). The lowest BCUT2D eigenvalue weighted by molar-refractivity contribution is -0.116. The van der Waals surface area contributed by atoms with Crippen LogP contribution in [0.5, 0.6) is 0 Å². The molecule has 1 aromatic rings. The molecule has 5 nitrogen and oxygen atoms in total. The first-order valence-electron chi connectivity index (χ1n) is 6.72. The number of amides is 1. The Hall–Kier alpha value is -1.62. The molecule has 5 heteroatoms. The number of aromatic nitrogens is 1. The van der Waals surface area contributed by atoms with Gasteiger partial charge in [-0.3, -0.25) is 9.59 Å². The van der Waals surface area contributed by atoms with Crippen molar-refractivity contribution in [2.24, 2.45) is 12.8 Å². The van der Waals surface area contributed by atoms with Crippen LogP contribution in [-0.4, -0.2) is 17.0 Å². The van der Waals surface area contributed by atoms with Crippen LogP contribution in [0.4, 0.5) is 5.69 Å². The Morgan fingerprint density at radius 1 is 1.32 bits per heavy atom. The van der Waals surface area contributed by atoms with Gasteiger partial charge in [-0.2, -0.15) is 0 Å². The van der Waals surface area contributed by atoms with Crippen molar-refractivity contribution in [1.82, 2.24) is 4.57 Å². The monoisotopic (exact) mass is 265 g/mol. The molecule has 106 valence electrons. The van der Waals surface area contributed by atoms with Crippen LogP contribution in [0.1, 0.15) is 37.7 Å². The smallest absolute Gasteiger partial charge is 0.274 e. The number of pyridine rings is 1. The third-order valence-corrected chi connectivity index (χ3v) is 3.10. The molecule has 0 aliphatic rings. The predicted octanol–water partition coefficient (Wildman–Crippen LogP) is 1.54. The summed E-state index contributed by atoms with van der Waals surface area (Å²) in [6, 6.07) is 1.82.